The summed E-state index contributed by atoms with van der Waals surface area (Å²) in [5.41, 5.74) is 0.548. The molecule has 0 atom stereocenters. The molecular formula is C14H20N2O4. The molecular weight excluding hydrogens is 260 g/mol. The number of nitrogens with one attached hydrogen (secondary N) is 2. The van der Waals surface area contributed by atoms with Crippen LogP contribution in [0.15, 0.2) is 24.3 Å². The highest BCUT2D eigenvalue weighted by Gasteiger charge is 2.11. The van der Waals surface area contributed by atoms with Crippen molar-refractivity contribution < 1.29 is 19.1 Å². The molecule has 0 aliphatic carbocycles. The van der Waals surface area contributed by atoms with E-state index in [0.717, 1.165) is 6.42 Å². The van der Waals surface area contributed by atoms with Gasteiger partial charge in [-0.1, -0.05) is 12.1 Å². The van der Waals surface area contributed by atoms with E-state index in [1.807, 2.05) is 0 Å². The van der Waals surface area contributed by atoms with Crippen molar-refractivity contribution in [2.75, 3.05) is 32.7 Å². The number of hydrogen-bond acceptors (Lipinski definition) is 4. The zero-order chi connectivity index (χ0) is 14.8. The molecule has 1 aromatic rings. The first-order valence-electron chi connectivity index (χ1n) is 6.36. The largest absolute Gasteiger partial charge is 0.495 e. The Bertz CT molecular complexity index is 449. The molecule has 0 fully saturated rings. The second-order valence-corrected chi connectivity index (χ2v) is 4.12. The molecule has 0 heterocycles. The summed E-state index contributed by atoms with van der Waals surface area (Å²) in [6.45, 7) is 1.07. The van der Waals surface area contributed by atoms with Crippen molar-refractivity contribution in [3.8, 4) is 5.75 Å². The number of ether oxygens (including phenoxy) is 2. The fourth-order valence-corrected chi connectivity index (χ4v) is 1.59. The van der Waals surface area contributed by atoms with Gasteiger partial charge in [0.15, 0.2) is 0 Å². The lowest BCUT2D eigenvalue weighted by Crippen LogP contribution is -2.29. The molecule has 6 nitrogen and oxygen atoms in total. The van der Waals surface area contributed by atoms with E-state index in [4.69, 9.17) is 9.47 Å². The molecule has 1 aromatic carbocycles. The maximum atomic E-state index is 11.7. The van der Waals surface area contributed by atoms with Crippen LogP contribution in [0.5, 0.6) is 5.75 Å². The fourth-order valence-electron chi connectivity index (χ4n) is 1.59. The number of methoxy groups -OCH3 is 2. The Morgan fingerprint density at radius 2 is 1.90 bits per heavy atom. The van der Waals surface area contributed by atoms with Gasteiger partial charge in [0.2, 0.25) is 11.8 Å². The zero-order valence-corrected chi connectivity index (χ0v) is 11.8. The lowest BCUT2D eigenvalue weighted by atomic mass is 10.2. The van der Waals surface area contributed by atoms with E-state index in [9.17, 15) is 9.59 Å². The molecule has 0 aliphatic rings. The summed E-state index contributed by atoms with van der Waals surface area (Å²) in [5.74, 6) is -0.131. The summed E-state index contributed by atoms with van der Waals surface area (Å²) in [6.07, 6.45) is 0.501. The van der Waals surface area contributed by atoms with Gasteiger partial charge < -0.3 is 20.1 Å². The van der Waals surface area contributed by atoms with Crippen molar-refractivity contribution in [2.45, 2.75) is 12.8 Å². The second kappa shape index (κ2) is 8.92. The lowest BCUT2D eigenvalue weighted by molar-refractivity contribution is -0.126. The van der Waals surface area contributed by atoms with Gasteiger partial charge in [-0.2, -0.15) is 0 Å². The molecule has 6 heteroatoms. The van der Waals surface area contributed by atoms with Gasteiger partial charge in [-0.3, -0.25) is 9.59 Å². The lowest BCUT2D eigenvalue weighted by Gasteiger charge is -2.09. The Hall–Kier alpha value is -2.08. The Morgan fingerprint density at radius 1 is 1.15 bits per heavy atom. The second-order valence-electron chi connectivity index (χ2n) is 4.12. The van der Waals surface area contributed by atoms with Crippen LogP contribution in [0, 0.1) is 0 Å². The van der Waals surface area contributed by atoms with Crippen LogP contribution < -0.4 is 15.4 Å². The molecule has 2 N–H and O–H groups in total. The van der Waals surface area contributed by atoms with Crippen LogP contribution in [0.1, 0.15) is 12.8 Å². The summed E-state index contributed by atoms with van der Waals surface area (Å²) in [5, 5.41) is 5.30. The third kappa shape index (κ3) is 5.71. The van der Waals surface area contributed by atoms with Crippen LogP contribution in [0.4, 0.5) is 5.69 Å². The van der Waals surface area contributed by atoms with Crippen molar-refractivity contribution in [3.63, 3.8) is 0 Å². The molecule has 0 spiro atoms. The molecule has 110 valence electrons. The number of benzene rings is 1. The first-order chi connectivity index (χ1) is 9.67. The minimum atomic E-state index is -0.376. The summed E-state index contributed by atoms with van der Waals surface area (Å²) in [4.78, 5) is 23.2. The maximum Gasteiger partial charge on any atom is 0.233 e. The molecule has 0 saturated carbocycles. The van der Waals surface area contributed by atoms with E-state index in [1.54, 1.807) is 31.4 Å². The van der Waals surface area contributed by atoms with Crippen LogP contribution in [-0.2, 0) is 14.3 Å². The minimum Gasteiger partial charge on any atom is -0.495 e. The maximum absolute atomic E-state index is 11.7. The van der Waals surface area contributed by atoms with E-state index in [1.165, 1.54) is 7.11 Å². The van der Waals surface area contributed by atoms with Gasteiger partial charge in [0.25, 0.3) is 0 Å². The number of anilines is 1. The van der Waals surface area contributed by atoms with E-state index in [-0.39, 0.29) is 18.2 Å². The van der Waals surface area contributed by atoms with Crippen molar-refractivity contribution in [3.05, 3.63) is 24.3 Å². The van der Waals surface area contributed by atoms with E-state index in [0.29, 0.717) is 24.6 Å². The highest BCUT2D eigenvalue weighted by Crippen LogP contribution is 2.22. The van der Waals surface area contributed by atoms with Crippen molar-refractivity contribution >= 4 is 17.5 Å². The molecule has 2 amide bonds. The standard InChI is InChI=1S/C14H20N2O4/c1-19-9-5-8-15-13(17)10-14(18)16-11-6-3-4-7-12(11)20-2/h3-4,6-7H,5,8-10H2,1-2H3,(H,15,17)(H,16,18). The van der Waals surface area contributed by atoms with Crippen LogP contribution in [0.2, 0.25) is 0 Å². The summed E-state index contributed by atoms with van der Waals surface area (Å²) in [6, 6.07) is 7.04. The van der Waals surface area contributed by atoms with E-state index in [2.05, 4.69) is 10.6 Å². The first-order valence-corrected chi connectivity index (χ1v) is 6.36. The minimum absolute atomic E-state index is 0.217. The fraction of sp³-hybridized carbons (Fsp3) is 0.429. The zero-order valence-electron chi connectivity index (χ0n) is 11.8. The van der Waals surface area contributed by atoms with Crippen LogP contribution in [0.25, 0.3) is 0 Å². The van der Waals surface area contributed by atoms with Crippen LogP contribution in [-0.4, -0.2) is 39.2 Å². The molecule has 0 aromatic heterocycles. The van der Waals surface area contributed by atoms with Crippen molar-refractivity contribution in [1.29, 1.82) is 0 Å². The predicted molar refractivity (Wildman–Crippen MR) is 75.7 cm³/mol. The monoisotopic (exact) mass is 280 g/mol. The first kappa shape index (κ1) is 16.0. The summed E-state index contributed by atoms with van der Waals surface area (Å²) in [7, 11) is 3.12. The van der Waals surface area contributed by atoms with Gasteiger partial charge in [0.05, 0.1) is 12.8 Å². The third-order valence-corrected chi connectivity index (χ3v) is 2.55. The van der Waals surface area contributed by atoms with Gasteiger partial charge in [0.1, 0.15) is 12.2 Å². The summed E-state index contributed by atoms with van der Waals surface area (Å²) >= 11 is 0. The van der Waals surface area contributed by atoms with Gasteiger partial charge in [-0.15, -0.1) is 0 Å². The van der Waals surface area contributed by atoms with Crippen LogP contribution in [0.3, 0.4) is 0 Å². The molecule has 0 saturated heterocycles. The number of rotatable bonds is 8. The number of hydrogen-bond donors (Lipinski definition) is 2. The number of para-hydroxylation sites is 2. The molecule has 1 rings (SSSR count). The quantitative estimate of drug-likeness (QED) is 0.553. The van der Waals surface area contributed by atoms with Gasteiger partial charge in [-0.25, -0.2) is 0 Å². The number of carbonyl (C=O) groups is 2. The number of carbonyl (C=O) groups excluding carboxylic acids is 2. The Kier molecular flexibility index (Phi) is 7.13. The smallest absolute Gasteiger partial charge is 0.233 e. The Labute approximate surface area is 118 Å². The van der Waals surface area contributed by atoms with Gasteiger partial charge >= 0.3 is 0 Å². The molecule has 0 unspecified atom stereocenters. The molecule has 0 bridgehead atoms. The van der Waals surface area contributed by atoms with E-state index >= 15 is 0 Å². The van der Waals surface area contributed by atoms with Crippen molar-refractivity contribution in [1.82, 2.24) is 5.32 Å². The number of amides is 2. The molecule has 20 heavy (non-hydrogen) atoms. The Morgan fingerprint density at radius 3 is 2.60 bits per heavy atom. The predicted octanol–water partition coefficient (Wildman–Crippen LogP) is 1.18. The average molecular weight is 280 g/mol. The molecule has 0 aliphatic heterocycles. The average Bonchev–Trinajstić information content (AvgIpc) is 2.44. The highest BCUT2D eigenvalue weighted by molar-refractivity contribution is 6.04. The van der Waals surface area contributed by atoms with Gasteiger partial charge in [0, 0.05) is 20.3 Å². The summed E-state index contributed by atoms with van der Waals surface area (Å²) < 4.78 is 9.98. The Balaban J connectivity index is 2.37. The van der Waals surface area contributed by atoms with Gasteiger partial charge in [-0.05, 0) is 18.6 Å². The highest BCUT2D eigenvalue weighted by atomic mass is 16.5. The van der Waals surface area contributed by atoms with E-state index < -0.39 is 0 Å². The van der Waals surface area contributed by atoms with Crippen molar-refractivity contribution in [2.24, 2.45) is 0 Å². The topological polar surface area (TPSA) is 76.7 Å². The normalized spacial score (nSPS) is 9.90. The van der Waals surface area contributed by atoms with Crippen LogP contribution >= 0.6 is 0 Å². The SMILES string of the molecule is COCCCNC(=O)CC(=O)Nc1ccccc1OC. The third-order valence-electron chi connectivity index (χ3n) is 2.55. The molecule has 0 radical (unpaired) electrons.